The van der Waals surface area contributed by atoms with Crippen LogP contribution in [0.5, 0.6) is 0 Å². The summed E-state index contributed by atoms with van der Waals surface area (Å²) in [5.74, 6) is -13.9. The molecule has 0 aromatic heterocycles. The summed E-state index contributed by atoms with van der Waals surface area (Å²) in [5.41, 5.74) is 1.03. The number of alkyl halides is 5. The number of fused-ring (bicyclic) bond motifs is 4. The van der Waals surface area contributed by atoms with Crippen LogP contribution in [-0.2, 0) is 4.74 Å². The smallest absolute Gasteiger partial charge is 0.372 e. The molecule has 6 rings (SSSR count). The number of halogens is 5. The fraction of sp³-hybridized carbons (Fsp3) is 0.375. The minimum absolute atomic E-state index is 0.0166. The maximum Gasteiger partial charge on any atom is 0.376 e. The second-order valence-corrected chi connectivity index (χ2v) is 13.8. The number of thioether (sulfide) groups is 2. The Labute approximate surface area is 245 Å². The number of nitrogens with zero attached hydrogens (tertiary/aromatic N) is 1. The summed E-state index contributed by atoms with van der Waals surface area (Å²) in [7, 11) is 0.726. The lowest BCUT2D eigenvalue weighted by Crippen LogP contribution is -2.51. The number of allylic oxidation sites excluding steroid dienone is 2. The van der Waals surface area contributed by atoms with Gasteiger partial charge in [0, 0.05) is 46.8 Å². The molecule has 2 aromatic carbocycles. The summed E-state index contributed by atoms with van der Waals surface area (Å²) in [6.45, 7) is 9.45. The SMILES string of the molecule is CCN(CC)c1ccc(C2=CC3=C4C(=C5C=C(c6ccccc6)SC5(C)C3(C)S2)C(F)(F)C(F)(F)C4(F)OC)cc1. The van der Waals surface area contributed by atoms with Crippen molar-refractivity contribution in [3.63, 3.8) is 0 Å². The third-order valence-corrected chi connectivity index (χ3v) is 12.3. The number of benzene rings is 2. The Morgan fingerprint density at radius 3 is 1.68 bits per heavy atom. The fourth-order valence-electron chi connectivity index (χ4n) is 6.46. The lowest BCUT2D eigenvalue weighted by Gasteiger charge is -2.47. The maximum absolute atomic E-state index is 16.4. The molecule has 0 amide bonds. The Morgan fingerprint density at radius 2 is 1.20 bits per heavy atom. The zero-order valence-electron chi connectivity index (χ0n) is 23.3. The van der Waals surface area contributed by atoms with Gasteiger partial charge in [-0.25, -0.2) is 0 Å². The van der Waals surface area contributed by atoms with Crippen molar-refractivity contribution in [1.29, 1.82) is 0 Å². The molecular formula is C32H30F5NOS2. The number of hydrogen-bond acceptors (Lipinski definition) is 4. The Morgan fingerprint density at radius 1 is 0.707 bits per heavy atom. The molecule has 2 nitrogen and oxygen atoms in total. The van der Waals surface area contributed by atoms with Crippen LogP contribution >= 0.6 is 23.5 Å². The highest BCUT2D eigenvalue weighted by Crippen LogP contribution is 2.75. The van der Waals surface area contributed by atoms with Crippen LogP contribution in [0, 0.1) is 0 Å². The highest BCUT2D eigenvalue weighted by atomic mass is 32.2. The second-order valence-electron chi connectivity index (χ2n) is 10.9. The van der Waals surface area contributed by atoms with E-state index in [1.165, 1.54) is 23.5 Å². The monoisotopic (exact) mass is 603 g/mol. The largest absolute Gasteiger partial charge is 0.376 e. The summed E-state index contributed by atoms with van der Waals surface area (Å²) in [4.78, 5) is 3.57. The van der Waals surface area contributed by atoms with Crippen LogP contribution in [-0.4, -0.2) is 47.4 Å². The third-order valence-electron chi connectivity index (χ3n) is 8.96. The molecular weight excluding hydrogens is 573 g/mol. The normalized spacial score (nSPS) is 31.1. The van der Waals surface area contributed by atoms with Crippen LogP contribution in [0.1, 0.15) is 38.8 Å². The maximum atomic E-state index is 16.4. The molecule has 2 heterocycles. The Kier molecular flexibility index (Phi) is 6.46. The van der Waals surface area contributed by atoms with Crippen LogP contribution in [0.25, 0.3) is 9.81 Å². The van der Waals surface area contributed by atoms with Crippen molar-refractivity contribution in [3.8, 4) is 0 Å². The van der Waals surface area contributed by atoms with Crippen molar-refractivity contribution < 1.29 is 26.7 Å². The Bertz CT molecular complexity index is 1540. The van der Waals surface area contributed by atoms with Crippen molar-refractivity contribution in [2.45, 2.75) is 54.9 Å². The van der Waals surface area contributed by atoms with E-state index in [-0.39, 0.29) is 11.1 Å². The number of methoxy groups -OCH3 is 1. The average molecular weight is 604 g/mol. The average Bonchev–Trinajstić information content (AvgIpc) is 3.54. The Balaban J connectivity index is 1.59. The first-order valence-electron chi connectivity index (χ1n) is 13.5. The molecule has 2 aliphatic carbocycles. The first-order valence-corrected chi connectivity index (χ1v) is 15.2. The standard InChI is InChI=1S/C32H30F5NOS2/c1-6-38(7-2)21-15-13-20(14-16-21)25-18-23-27-26(30(33,34)32(36,37)31(27,35)39-5)22-17-24(19-11-9-8-10-12-19)40-28(22,3)29(23,4)41-25/h8-18H,6-7H2,1-5H3. The molecule has 41 heavy (non-hydrogen) atoms. The first kappa shape index (κ1) is 28.6. The molecule has 0 N–H and O–H groups in total. The summed E-state index contributed by atoms with van der Waals surface area (Å²) in [6, 6.07) is 17.0. The molecule has 4 aliphatic rings. The van der Waals surface area contributed by atoms with E-state index in [1.54, 1.807) is 19.1 Å². The quantitative estimate of drug-likeness (QED) is 0.305. The predicted octanol–water partition coefficient (Wildman–Crippen LogP) is 9.13. The zero-order valence-corrected chi connectivity index (χ0v) is 25.0. The lowest BCUT2D eigenvalue weighted by molar-refractivity contribution is -0.293. The van der Waals surface area contributed by atoms with Gasteiger partial charge in [-0.1, -0.05) is 42.5 Å². The molecule has 0 bridgehead atoms. The molecule has 9 heteroatoms. The van der Waals surface area contributed by atoms with E-state index in [0.717, 1.165) is 37.0 Å². The van der Waals surface area contributed by atoms with Crippen molar-refractivity contribution in [2.24, 2.45) is 0 Å². The predicted molar refractivity (Wildman–Crippen MR) is 159 cm³/mol. The van der Waals surface area contributed by atoms with Crippen LogP contribution in [0.2, 0.25) is 0 Å². The molecule has 1 fully saturated rings. The van der Waals surface area contributed by atoms with E-state index in [9.17, 15) is 0 Å². The van der Waals surface area contributed by atoms with Gasteiger partial charge in [-0.3, -0.25) is 0 Å². The topological polar surface area (TPSA) is 12.5 Å². The summed E-state index contributed by atoms with van der Waals surface area (Å²) in [5, 5.41) is 0. The third kappa shape index (κ3) is 3.54. The molecule has 216 valence electrons. The van der Waals surface area contributed by atoms with E-state index in [1.807, 2.05) is 61.5 Å². The second kappa shape index (κ2) is 9.25. The van der Waals surface area contributed by atoms with Crippen molar-refractivity contribution in [2.75, 3.05) is 25.1 Å². The van der Waals surface area contributed by atoms with Gasteiger partial charge in [-0.2, -0.15) is 22.0 Å². The number of ether oxygens (including phenoxy) is 1. The zero-order chi connectivity index (χ0) is 29.6. The first-order chi connectivity index (χ1) is 19.3. The fourth-order valence-corrected chi connectivity index (χ4v) is 9.61. The summed E-state index contributed by atoms with van der Waals surface area (Å²) < 4.78 is 81.6. The molecule has 1 saturated carbocycles. The highest BCUT2D eigenvalue weighted by Gasteiger charge is 2.84. The van der Waals surface area contributed by atoms with Gasteiger partial charge in [-0.15, -0.1) is 23.5 Å². The van der Waals surface area contributed by atoms with Gasteiger partial charge in [-0.05, 0) is 74.3 Å². The van der Waals surface area contributed by atoms with E-state index < -0.39 is 38.3 Å². The summed E-state index contributed by atoms with van der Waals surface area (Å²) >= 11 is 2.76. The van der Waals surface area contributed by atoms with Gasteiger partial charge in [0.05, 0.1) is 9.49 Å². The van der Waals surface area contributed by atoms with Crippen molar-refractivity contribution >= 4 is 39.0 Å². The van der Waals surface area contributed by atoms with Crippen molar-refractivity contribution in [3.05, 3.63) is 100 Å². The molecule has 0 spiro atoms. The molecule has 2 aliphatic heterocycles. The van der Waals surface area contributed by atoms with Gasteiger partial charge in [0.2, 0.25) is 0 Å². The minimum Gasteiger partial charge on any atom is -0.372 e. The van der Waals surface area contributed by atoms with Crippen molar-refractivity contribution in [1.82, 2.24) is 0 Å². The van der Waals surface area contributed by atoms with Gasteiger partial charge in [0.25, 0.3) is 0 Å². The number of hydrogen-bond donors (Lipinski definition) is 0. The van der Waals surface area contributed by atoms with Gasteiger partial charge < -0.3 is 9.64 Å². The number of rotatable bonds is 6. The van der Waals surface area contributed by atoms with E-state index in [2.05, 4.69) is 18.7 Å². The van der Waals surface area contributed by atoms with Crippen LogP contribution in [0.4, 0.5) is 27.6 Å². The van der Waals surface area contributed by atoms with Gasteiger partial charge in [0.1, 0.15) is 0 Å². The van der Waals surface area contributed by atoms with Crippen LogP contribution < -0.4 is 4.90 Å². The Hall–Kier alpha value is -2.49. The molecule has 0 radical (unpaired) electrons. The van der Waals surface area contributed by atoms with E-state index in [4.69, 9.17) is 4.74 Å². The van der Waals surface area contributed by atoms with Crippen LogP contribution in [0.3, 0.4) is 0 Å². The molecule has 3 unspecified atom stereocenters. The summed E-state index contributed by atoms with van der Waals surface area (Å²) in [6.07, 6.45) is 3.15. The van der Waals surface area contributed by atoms with Gasteiger partial charge in [0.15, 0.2) is 0 Å². The highest BCUT2D eigenvalue weighted by molar-refractivity contribution is 8.14. The van der Waals surface area contributed by atoms with Gasteiger partial charge >= 0.3 is 17.7 Å². The molecule has 3 atom stereocenters. The van der Waals surface area contributed by atoms with E-state index >= 15 is 22.0 Å². The molecule has 2 aromatic rings. The minimum atomic E-state index is -5.10. The molecule has 0 saturated heterocycles. The lowest BCUT2D eigenvalue weighted by atomic mass is 9.71. The number of anilines is 1. The van der Waals surface area contributed by atoms with Crippen LogP contribution in [0.15, 0.2) is 89.0 Å². The van der Waals surface area contributed by atoms with E-state index in [0.29, 0.717) is 9.81 Å².